The lowest BCUT2D eigenvalue weighted by molar-refractivity contribution is -0.127. The fraction of sp³-hybridized carbons (Fsp3) is 0.433. The number of nitrogens with zero attached hydrogens (tertiary/aromatic N) is 4. The van der Waals surface area contributed by atoms with E-state index in [9.17, 15) is 10.2 Å². The van der Waals surface area contributed by atoms with E-state index in [0.717, 1.165) is 18.7 Å². The van der Waals surface area contributed by atoms with Gasteiger partial charge in [0.15, 0.2) is 5.60 Å². The van der Waals surface area contributed by atoms with Gasteiger partial charge in [0.2, 0.25) is 5.88 Å². The average Bonchev–Trinajstić information content (AvgIpc) is 2.90. The van der Waals surface area contributed by atoms with Crippen LogP contribution in [0.3, 0.4) is 0 Å². The molecule has 0 aliphatic carbocycles. The van der Waals surface area contributed by atoms with Crippen LogP contribution in [-0.2, 0) is 11.2 Å². The number of benzene rings is 1. The van der Waals surface area contributed by atoms with Crippen LogP contribution in [-0.4, -0.2) is 64.4 Å². The van der Waals surface area contributed by atoms with Gasteiger partial charge in [-0.1, -0.05) is 56.9 Å². The van der Waals surface area contributed by atoms with E-state index in [-0.39, 0.29) is 17.6 Å². The summed E-state index contributed by atoms with van der Waals surface area (Å²) in [5, 5.41) is 23.5. The highest BCUT2D eigenvalue weighted by Crippen LogP contribution is 2.50. The standard InChI is InChI=1S/C30H36N4O4/c1-20(2)22-8-10-23(11-9-22)30(36,28(3)18-34(5)19-28)24-14-21(16-31-17-24)12-13-29(4,35)25-15-26(37-6)33-27(32-25)38-7/h8-11,14-17,20,35-36H,18-19H2,1-7H3/t29?,30-/m0/s1. The molecule has 4 rings (SSSR count). The number of aliphatic hydroxyl groups is 2. The molecule has 0 radical (unpaired) electrons. The van der Waals surface area contributed by atoms with E-state index in [1.807, 2.05) is 25.2 Å². The summed E-state index contributed by atoms with van der Waals surface area (Å²) >= 11 is 0. The van der Waals surface area contributed by atoms with Gasteiger partial charge in [0.05, 0.1) is 19.9 Å². The maximum atomic E-state index is 12.4. The molecule has 0 bridgehead atoms. The zero-order valence-corrected chi connectivity index (χ0v) is 23.1. The molecule has 8 heteroatoms. The SMILES string of the molecule is COc1cc(C(C)(O)C#Cc2cncc([C@@](O)(c3ccc(C(C)C)cc3)C3(C)CN(C)C3)c2)nc(OC)n1. The molecule has 1 unspecified atom stereocenters. The average molecular weight is 517 g/mol. The van der Waals surface area contributed by atoms with E-state index < -0.39 is 16.6 Å². The van der Waals surface area contributed by atoms with E-state index in [1.54, 1.807) is 12.4 Å². The van der Waals surface area contributed by atoms with Gasteiger partial charge in [-0.25, -0.2) is 0 Å². The number of rotatable bonds is 7. The predicted molar refractivity (Wildman–Crippen MR) is 145 cm³/mol. The van der Waals surface area contributed by atoms with Crippen LogP contribution in [0.5, 0.6) is 11.9 Å². The van der Waals surface area contributed by atoms with E-state index in [4.69, 9.17) is 9.47 Å². The fourth-order valence-corrected chi connectivity index (χ4v) is 5.16. The Balaban J connectivity index is 1.74. The van der Waals surface area contributed by atoms with E-state index in [2.05, 4.69) is 64.6 Å². The van der Waals surface area contributed by atoms with Gasteiger partial charge in [0.1, 0.15) is 5.60 Å². The molecule has 2 N–H and O–H groups in total. The Labute approximate surface area is 224 Å². The molecule has 200 valence electrons. The predicted octanol–water partition coefficient (Wildman–Crippen LogP) is 3.46. The first-order valence-corrected chi connectivity index (χ1v) is 12.6. The molecule has 0 spiro atoms. The van der Waals surface area contributed by atoms with Crippen LogP contribution in [0.25, 0.3) is 0 Å². The minimum atomic E-state index is -1.62. The lowest BCUT2D eigenvalue weighted by Gasteiger charge is -2.55. The monoisotopic (exact) mass is 516 g/mol. The van der Waals surface area contributed by atoms with E-state index in [1.165, 1.54) is 32.8 Å². The second kappa shape index (κ2) is 10.3. The summed E-state index contributed by atoms with van der Waals surface area (Å²) in [6.07, 6.45) is 3.31. The first kappa shape index (κ1) is 27.5. The van der Waals surface area contributed by atoms with Gasteiger partial charge in [-0.3, -0.25) is 4.98 Å². The number of pyridine rings is 1. The quantitative estimate of drug-likeness (QED) is 0.461. The molecule has 0 amide bonds. The van der Waals surface area contributed by atoms with Gasteiger partial charge in [0, 0.05) is 48.1 Å². The van der Waals surface area contributed by atoms with Crippen molar-refractivity contribution in [2.45, 2.75) is 44.8 Å². The Kier molecular flexibility index (Phi) is 7.48. The van der Waals surface area contributed by atoms with Crippen molar-refractivity contribution in [2.75, 3.05) is 34.4 Å². The molecule has 1 aromatic carbocycles. The van der Waals surface area contributed by atoms with Crippen LogP contribution in [0.15, 0.2) is 48.8 Å². The van der Waals surface area contributed by atoms with Crippen LogP contribution in [0.4, 0.5) is 0 Å². The largest absolute Gasteiger partial charge is 0.481 e. The van der Waals surface area contributed by atoms with Crippen molar-refractivity contribution in [1.82, 2.24) is 19.9 Å². The van der Waals surface area contributed by atoms with Gasteiger partial charge < -0.3 is 24.6 Å². The minimum Gasteiger partial charge on any atom is -0.481 e. The third-order valence-corrected chi connectivity index (χ3v) is 7.29. The molecule has 1 saturated heterocycles. The van der Waals surface area contributed by atoms with Crippen molar-refractivity contribution in [3.8, 4) is 23.7 Å². The molecule has 1 fully saturated rings. The number of aromatic nitrogens is 3. The van der Waals surface area contributed by atoms with Gasteiger partial charge in [-0.05, 0) is 37.1 Å². The van der Waals surface area contributed by atoms with Crippen molar-refractivity contribution in [3.63, 3.8) is 0 Å². The summed E-state index contributed by atoms with van der Waals surface area (Å²) in [5.74, 6) is 6.55. The van der Waals surface area contributed by atoms with Crippen molar-refractivity contribution in [2.24, 2.45) is 5.41 Å². The summed E-state index contributed by atoms with van der Waals surface area (Å²) in [6.45, 7) is 9.41. The first-order chi connectivity index (χ1) is 17.9. The van der Waals surface area contributed by atoms with Gasteiger partial charge in [-0.2, -0.15) is 9.97 Å². The minimum absolute atomic E-state index is 0.0670. The highest BCUT2D eigenvalue weighted by Gasteiger charge is 2.55. The number of ether oxygens (including phenoxy) is 2. The van der Waals surface area contributed by atoms with Crippen LogP contribution >= 0.6 is 0 Å². The summed E-state index contributed by atoms with van der Waals surface area (Å²) in [7, 11) is 4.96. The zero-order valence-electron chi connectivity index (χ0n) is 23.1. The zero-order chi connectivity index (χ0) is 27.7. The summed E-state index contributed by atoms with van der Waals surface area (Å²) in [6, 6.07) is 11.6. The first-order valence-electron chi connectivity index (χ1n) is 12.6. The fourth-order valence-electron chi connectivity index (χ4n) is 5.16. The number of methoxy groups -OCH3 is 2. The lowest BCUT2D eigenvalue weighted by Crippen LogP contribution is -2.63. The highest BCUT2D eigenvalue weighted by atomic mass is 16.5. The lowest BCUT2D eigenvalue weighted by atomic mass is 9.62. The smallest absolute Gasteiger partial charge is 0.319 e. The Morgan fingerprint density at radius 1 is 1.00 bits per heavy atom. The molecule has 1 aliphatic rings. The molecule has 0 saturated carbocycles. The second-order valence-corrected chi connectivity index (χ2v) is 10.8. The molecular weight excluding hydrogens is 480 g/mol. The molecule has 38 heavy (non-hydrogen) atoms. The summed E-state index contributed by atoms with van der Waals surface area (Å²) in [4.78, 5) is 14.9. The number of likely N-dealkylation sites (tertiary alicyclic amines) is 1. The van der Waals surface area contributed by atoms with Gasteiger partial charge in [-0.15, -0.1) is 0 Å². The number of hydrogen-bond donors (Lipinski definition) is 2. The van der Waals surface area contributed by atoms with Crippen LogP contribution < -0.4 is 9.47 Å². The van der Waals surface area contributed by atoms with Crippen molar-refractivity contribution in [1.29, 1.82) is 0 Å². The van der Waals surface area contributed by atoms with Crippen LogP contribution in [0, 0.1) is 17.3 Å². The van der Waals surface area contributed by atoms with E-state index in [0.29, 0.717) is 17.0 Å². The normalized spacial score (nSPS) is 17.9. The number of hydrogen-bond acceptors (Lipinski definition) is 8. The summed E-state index contributed by atoms with van der Waals surface area (Å²) < 4.78 is 10.3. The molecule has 2 atom stereocenters. The highest BCUT2D eigenvalue weighted by molar-refractivity contribution is 5.45. The molecule has 2 aromatic heterocycles. The molecule has 1 aliphatic heterocycles. The molecule has 3 heterocycles. The molecular formula is C30H36N4O4. The van der Waals surface area contributed by atoms with E-state index >= 15 is 0 Å². The molecule has 8 nitrogen and oxygen atoms in total. The molecule has 3 aromatic rings. The van der Waals surface area contributed by atoms with Crippen LogP contribution in [0.2, 0.25) is 0 Å². The van der Waals surface area contributed by atoms with Crippen LogP contribution in [0.1, 0.15) is 61.6 Å². The van der Waals surface area contributed by atoms with Crippen molar-refractivity contribution < 1.29 is 19.7 Å². The van der Waals surface area contributed by atoms with Gasteiger partial charge >= 0.3 is 6.01 Å². The Bertz CT molecular complexity index is 1330. The third kappa shape index (κ3) is 5.10. The Morgan fingerprint density at radius 2 is 1.68 bits per heavy atom. The maximum absolute atomic E-state index is 12.4. The Hall–Kier alpha value is -3.51. The van der Waals surface area contributed by atoms with Crippen molar-refractivity contribution in [3.05, 3.63) is 76.7 Å². The third-order valence-electron chi connectivity index (χ3n) is 7.29. The second-order valence-electron chi connectivity index (χ2n) is 10.8. The summed E-state index contributed by atoms with van der Waals surface area (Å²) in [5.41, 5.74) is 0.160. The topological polar surface area (TPSA) is 101 Å². The maximum Gasteiger partial charge on any atom is 0.319 e. The van der Waals surface area contributed by atoms with Gasteiger partial charge in [0.25, 0.3) is 0 Å². The van der Waals surface area contributed by atoms with Crippen molar-refractivity contribution >= 4 is 0 Å². The Morgan fingerprint density at radius 3 is 2.26 bits per heavy atom.